The van der Waals surface area contributed by atoms with Gasteiger partial charge in [0.05, 0.1) is 22.1 Å². The number of H-pyrrole nitrogens is 2. The quantitative estimate of drug-likeness (QED) is 0.304. The molecule has 0 spiro atoms. The highest BCUT2D eigenvalue weighted by atomic mass is 15.0. The zero-order valence-corrected chi connectivity index (χ0v) is 15.2. The van der Waals surface area contributed by atoms with Crippen molar-refractivity contribution in [3.8, 4) is 0 Å². The number of nitrogens with zero attached hydrogens (tertiary/aromatic N) is 2. The van der Waals surface area contributed by atoms with Gasteiger partial charge in [-0.1, -0.05) is 24.3 Å². The summed E-state index contributed by atoms with van der Waals surface area (Å²) in [7, 11) is 0. The van der Waals surface area contributed by atoms with Crippen LogP contribution in [0.25, 0.3) is 22.1 Å². The standard InChI is InChI=1S/C20H25N7/c21-9-10-23-13-20(22,11-18-24-14-5-1-2-6-15(14)25-18)12-19-26-16-7-3-4-8-17(16)27-19/h1-8,23H,9-13,21-22H2,(H,24,25)(H,26,27). The average molecular weight is 363 g/mol. The Morgan fingerprint density at radius 1 is 0.852 bits per heavy atom. The lowest BCUT2D eigenvalue weighted by molar-refractivity contribution is 0.379. The van der Waals surface area contributed by atoms with Crippen LogP contribution in [0.15, 0.2) is 48.5 Å². The lowest BCUT2D eigenvalue weighted by Gasteiger charge is -2.28. The van der Waals surface area contributed by atoms with Crippen molar-refractivity contribution in [2.45, 2.75) is 18.4 Å². The summed E-state index contributed by atoms with van der Waals surface area (Å²) in [5, 5.41) is 3.35. The maximum Gasteiger partial charge on any atom is 0.109 e. The average Bonchev–Trinajstić information content (AvgIpc) is 3.23. The lowest BCUT2D eigenvalue weighted by Crippen LogP contribution is -2.53. The predicted octanol–water partition coefficient (Wildman–Crippen LogP) is 1.47. The largest absolute Gasteiger partial charge is 0.342 e. The molecular formula is C20H25N7. The van der Waals surface area contributed by atoms with E-state index in [9.17, 15) is 0 Å². The second-order valence-corrected chi connectivity index (χ2v) is 7.08. The van der Waals surface area contributed by atoms with Crippen molar-refractivity contribution in [1.82, 2.24) is 25.3 Å². The summed E-state index contributed by atoms with van der Waals surface area (Å²) in [6.45, 7) is 1.92. The normalized spacial score (nSPS) is 12.2. The molecule has 4 aromatic rings. The van der Waals surface area contributed by atoms with Crippen LogP contribution in [0.5, 0.6) is 0 Å². The van der Waals surface area contributed by atoms with E-state index in [1.165, 1.54) is 0 Å². The molecule has 0 radical (unpaired) electrons. The highest BCUT2D eigenvalue weighted by Crippen LogP contribution is 2.19. The van der Waals surface area contributed by atoms with E-state index >= 15 is 0 Å². The van der Waals surface area contributed by atoms with E-state index in [4.69, 9.17) is 21.4 Å². The molecule has 0 saturated carbocycles. The molecule has 2 aromatic heterocycles. The van der Waals surface area contributed by atoms with Crippen molar-refractivity contribution in [2.75, 3.05) is 19.6 Å². The van der Waals surface area contributed by atoms with Gasteiger partial charge in [0.15, 0.2) is 0 Å². The van der Waals surface area contributed by atoms with Gasteiger partial charge in [-0.05, 0) is 24.3 Å². The number of fused-ring (bicyclic) bond motifs is 2. The number of aromatic nitrogens is 4. The molecule has 0 amide bonds. The molecule has 0 atom stereocenters. The summed E-state index contributed by atoms with van der Waals surface area (Å²) in [5.74, 6) is 1.76. The van der Waals surface area contributed by atoms with Gasteiger partial charge in [0, 0.05) is 38.0 Å². The molecule has 7 heteroatoms. The van der Waals surface area contributed by atoms with Crippen molar-refractivity contribution >= 4 is 22.1 Å². The van der Waals surface area contributed by atoms with Gasteiger partial charge in [0.2, 0.25) is 0 Å². The summed E-state index contributed by atoms with van der Waals surface area (Å²) in [5.41, 5.74) is 15.9. The fraction of sp³-hybridized carbons (Fsp3) is 0.300. The number of benzene rings is 2. The van der Waals surface area contributed by atoms with Crippen LogP contribution < -0.4 is 16.8 Å². The van der Waals surface area contributed by atoms with Gasteiger partial charge >= 0.3 is 0 Å². The molecule has 0 bridgehead atoms. The Labute approximate surface area is 157 Å². The first-order valence-corrected chi connectivity index (χ1v) is 9.22. The number of para-hydroxylation sites is 4. The van der Waals surface area contributed by atoms with Crippen LogP contribution in [0.1, 0.15) is 11.6 Å². The number of aromatic amines is 2. The van der Waals surface area contributed by atoms with E-state index in [0.717, 1.165) is 40.3 Å². The van der Waals surface area contributed by atoms with Crippen molar-refractivity contribution in [2.24, 2.45) is 11.5 Å². The number of hydrogen-bond donors (Lipinski definition) is 5. The fourth-order valence-electron chi connectivity index (χ4n) is 3.47. The third-order valence-electron chi connectivity index (χ3n) is 4.71. The number of nitrogens with two attached hydrogens (primary N) is 2. The molecule has 4 rings (SSSR count). The van der Waals surface area contributed by atoms with Gasteiger partial charge in [-0.2, -0.15) is 0 Å². The maximum absolute atomic E-state index is 6.82. The summed E-state index contributed by atoms with van der Waals surface area (Å²) in [4.78, 5) is 16.1. The minimum Gasteiger partial charge on any atom is -0.342 e. The molecule has 0 aliphatic heterocycles. The first kappa shape index (κ1) is 17.7. The number of rotatable bonds is 8. The van der Waals surface area contributed by atoms with Crippen LogP contribution in [0.2, 0.25) is 0 Å². The van der Waals surface area contributed by atoms with Crippen LogP contribution in [-0.4, -0.2) is 45.1 Å². The SMILES string of the molecule is NCCNCC(N)(Cc1nc2ccccc2[nH]1)Cc1nc2ccccc2[nH]1. The smallest absolute Gasteiger partial charge is 0.109 e. The number of imidazole rings is 2. The Morgan fingerprint density at radius 2 is 1.37 bits per heavy atom. The summed E-state index contributed by atoms with van der Waals surface area (Å²) in [6, 6.07) is 16.0. The van der Waals surface area contributed by atoms with E-state index < -0.39 is 5.54 Å². The summed E-state index contributed by atoms with van der Waals surface area (Å²) < 4.78 is 0. The number of nitrogens with one attached hydrogen (secondary N) is 3. The molecule has 0 unspecified atom stereocenters. The molecule has 27 heavy (non-hydrogen) atoms. The first-order valence-electron chi connectivity index (χ1n) is 9.22. The van der Waals surface area contributed by atoms with Crippen molar-refractivity contribution < 1.29 is 0 Å². The van der Waals surface area contributed by atoms with Crippen LogP contribution in [0, 0.1) is 0 Å². The minimum absolute atomic E-state index is 0.545. The fourth-order valence-corrected chi connectivity index (χ4v) is 3.47. The van der Waals surface area contributed by atoms with Gasteiger partial charge in [-0.3, -0.25) is 0 Å². The van der Waals surface area contributed by atoms with Crippen LogP contribution in [0.3, 0.4) is 0 Å². The lowest BCUT2D eigenvalue weighted by atomic mass is 9.91. The van der Waals surface area contributed by atoms with E-state index in [2.05, 4.69) is 15.3 Å². The maximum atomic E-state index is 6.82. The Kier molecular flexibility index (Phi) is 4.89. The molecule has 0 aliphatic rings. The van der Waals surface area contributed by atoms with Gasteiger partial charge in [0.1, 0.15) is 11.6 Å². The second kappa shape index (κ2) is 7.48. The predicted molar refractivity (Wildman–Crippen MR) is 108 cm³/mol. The molecule has 2 aromatic carbocycles. The van der Waals surface area contributed by atoms with Gasteiger partial charge in [0.25, 0.3) is 0 Å². The second-order valence-electron chi connectivity index (χ2n) is 7.08. The van der Waals surface area contributed by atoms with E-state index in [1.807, 2.05) is 48.5 Å². The van der Waals surface area contributed by atoms with Crippen molar-refractivity contribution in [1.29, 1.82) is 0 Å². The monoisotopic (exact) mass is 363 g/mol. The molecule has 0 aliphatic carbocycles. The Bertz CT molecular complexity index is 891. The summed E-state index contributed by atoms with van der Waals surface area (Å²) >= 11 is 0. The molecule has 0 saturated heterocycles. The zero-order valence-electron chi connectivity index (χ0n) is 15.2. The third kappa shape index (κ3) is 4.00. The van der Waals surface area contributed by atoms with Crippen LogP contribution >= 0.6 is 0 Å². The highest BCUT2D eigenvalue weighted by Gasteiger charge is 2.28. The molecule has 2 heterocycles. The highest BCUT2D eigenvalue weighted by molar-refractivity contribution is 5.75. The van der Waals surface area contributed by atoms with Gasteiger partial charge < -0.3 is 26.8 Å². The van der Waals surface area contributed by atoms with Crippen LogP contribution in [0.4, 0.5) is 0 Å². The van der Waals surface area contributed by atoms with Crippen LogP contribution in [-0.2, 0) is 12.8 Å². The van der Waals surface area contributed by atoms with Gasteiger partial charge in [-0.25, -0.2) is 9.97 Å². The first-order chi connectivity index (χ1) is 13.1. The van der Waals surface area contributed by atoms with Crippen molar-refractivity contribution in [3.63, 3.8) is 0 Å². The minimum atomic E-state index is -0.545. The van der Waals surface area contributed by atoms with Crippen molar-refractivity contribution in [3.05, 3.63) is 60.2 Å². The third-order valence-corrected chi connectivity index (χ3v) is 4.71. The van der Waals surface area contributed by atoms with Gasteiger partial charge in [-0.15, -0.1) is 0 Å². The zero-order chi connectivity index (χ0) is 18.7. The van der Waals surface area contributed by atoms with E-state index in [0.29, 0.717) is 25.9 Å². The number of hydrogen-bond acceptors (Lipinski definition) is 5. The molecule has 7 N–H and O–H groups in total. The molecule has 0 fully saturated rings. The van der Waals surface area contributed by atoms with E-state index in [1.54, 1.807) is 0 Å². The topological polar surface area (TPSA) is 121 Å². The van der Waals surface area contributed by atoms with E-state index in [-0.39, 0.29) is 0 Å². The Morgan fingerprint density at radius 3 is 1.85 bits per heavy atom. The molecule has 140 valence electrons. The molecular weight excluding hydrogens is 338 g/mol. The summed E-state index contributed by atoms with van der Waals surface area (Å²) in [6.07, 6.45) is 1.21. The Balaban J connectivity index is 1.59. The molecule has 7 nitrogen and oxygen atoms in total. The Hall–Kier alpha value is -2.74.